The van der Waals surface area contributed by atoms with Gasteiger partial charge in [-0.1, -0.05) is 78.9 Å². The van der Waals surface area contributed by atoms with E-state index < -0.39 is 0 Å². The summed E-state index contributed by atoms with van der Waals surface area (Å²) < 4.78 is 12.8. The Hall–Kier alpha value is -4.30. The number of fused-ring (bicyclic) bond motifs is 1. The van der Waals surface area contributed by atoms with E-state index in [0.29, 0.717) is 0 Å². The van der Waals surface area contributed by atoms with Gasteiger partial charge in [0.25, 0.3) is 0 Å². The minimum atomic E-state index is 0.854. The minimum Gasteiger partial charge on any atom is -0.456 e. The Morgan fingerprint density at radius 1 is 0.406 bits per heavy atom. The molecule has 2 aromatic heterocycles. The van der Waals surface area contributed by atoms with E-state index in [9.17, 15) is 0 Å². The molecular formula is C30H18O2. The van der Waals surface area contributed by atoms with Crippen molar-refractivity contribution in [3.63, 3.8) is 0 Å². The van der Waals surface area contributed by atoms with E-state index in [0.717, 1.165) is 50.0 Å². The van der Waals surface area contributed by atoms with Crippen molar-refractivity contribution in [1.29, 1.82) is 0 Å². The largest absolute Gasteiger partial charge is 0.456 e. The molecule has 0 atom stereocenters. The second-order valence-corrected chi connectivity index (χ2v) is 8.13. The Morgan fingerprint density at radius 3 is 1.97 bits per heavy atom. The highest BCUT2D eigenvalue weighted by Gasteiger charge is 2.15. The summed E-state index contributed by atoms with van der Waals surface area (Å²) in [5, 5.41) is 6.96. The smallest absolute Gasteiger partial charge is 0.135 e. The van der Waals surface area contributed by atoms with E-state index >= 15 is 0 Å². The summed E-state index contributed by atoms with van der Waals surface area (Å²) in [6.45, 7) is 0. The summed E-state index contributed by atoms with van der Waals surface area (Å²) in [5.74, 6) is 1.72. The van der Waals surface area contributed by atoms with Crippen LogP contribution in [0.3, 0.4) is 0 Å². The van der Waals surface area contributed by atoms with Crippen LogP contribution in [-0.4, -0.2) is 0 Å². The molecule has 2 heteroatoms. The van der Waals surface area contributed by atoms with Gasteiger partial charge in [-0.2, -0.15) is 0 Å². The second kappa shape index (κ2) is 6.60. The third kappa shape index (κ3) is 2.47. The summed E-state index contributed by atoms with van der Waals surface area (Å²) >= 11 is 0. The lowest BCUT2D eigenvalue weighted by atomic mass is 9.96. The molecule has 0 saturated heterocycles. The predicted octanol–water partition coefficient (Wildman–Crippen LogP) is 8.82. The van der Waals surface area contributed by atoms with Crippen LogP contribution in [0.25, 0.3) is 66.1 Å². The molecule has 7 aromatic rings. The molecule has 0 unspecified atom stereocenters. The van der Waals surface area contributed by atoms with Gasteiger partial charge >= 0.3 is 0 Å². The Balaban J connectivity index is 1.57. The number of hydrogen-bond acceptors (Lipinski definition) is 2. The molecule has 2 heterocycles. The van der Waals surface area contributed by atoms with Crippen molar-refractivity contribution in [2.45, 2.75) is 0 Å². The van der Waals surface area contributed by atoms with Crippen LogP contribution >= 0.6 is 0 Å². The molecular weight excluding hydrogens is 392 g/mol. The zero-order chi connectivity index (χ0) is 21.1. The zero-order valence-electron chi connectivity index (χ0n) is 17.2. The average Bonchev–Trinajstić information content (AvgIpc) is 3.29. The van der Waals surface area contributed by atoms with Crippen LogP contribution in [0.4, 0.5) is 0 Å². The fourth-order valence-electron chi connectivity index (χ4n) is 4.87. The van der Waals surface area contributed by atoms with E-state index in [1.54, 1.807) is 0 Å². The molecule has 150 valence electrons. The Bertz CT molecular complexity index is 1760. The third-order valence-electron chi connectivity index (χ3n) is 6.31. The monoisotopic (exact) mass is 410 g/mol. The van der Waals surface area contributed by atoms with Crippen LogP contribution in [0.5, 0.6) is 0 Å². The molecule has 5 aromatic carbocycles. The third-order valence-corrected chi connectivity index (χ3v) is 6.31. The second-order valence-electron chi connectivity index (χ2n) is 8.13. The van der Waals surface area contributed by atoms with Crippen molar-refractivity contribution in [3.8, 4) is 22.6 Å². The lowest BCUT2D eigenvalue weighted by Gasteiger charge is -2.07. The number of benzene rings is 5. The topological polar surface area (TPSA) is 26.3 Å². The summed E-state index contributed by atoms with van der Waals surface area (Å²) in [6, 6.07) is 37.6. The number of hydrogen-bond donors (Lipinski definition) is 0. The highest BCUT2D eigenvalue weighted by Crippen LogP contribution is 2.40. The van der Waals surface area contributed by atoms with Gasteiger partial charge in [0.15, 0.2) is 0 Å². The van der Waals surface area contributed by atoms with Crippen LogP contribution in [0, 0.1) is 0 Å². The highest BCUT2D eigenvalue weighted by atomic mass is 16.3. The van der Waals surface area contributed by atoms with E-state index in [4.69, 9.17) is 8.83 Å². The van der Waals surface area contributed by atoms with Crippen LogP contribution in [-0.2, 0) is 0 Å². The fraction of sp³-hybridized carbons (Fsp3) is 0. The van der Waals surface area contributed by atoms with E-state index in [-0.39, 0.29) is 0 Å². The van der Waals surface area contributed by atoms with Gasteiger partial charge in [-0.25, -0.2) is 0 Å². The van der Waals surface area contributed by atoms with Gasteiger partial charge in [0.2, 0.25) is 0 Å². The maximum atomic E-state index is 6.48. The van der Waals surface area contributed by atoms with Gasteiger partial charge in [-0.15, -0.1) is 0 Å². The van der Waals surface area contributed by atoms with Gasteiger partial charge in [-0.3, -0.25) is 0 Å². The van der Waals surface area contributed by atoms with Crippen LogP contribution in [0.1, 0.15) is 0 Å². The minimum absolute atomic E-state index is 0.854. The first-order chi connectivity index (χ1) is 15.9. The van der Waals surface area contributed by atoms with Gasteiger partial charge in [0.05, 0.1) is 0 Å². The maximum absolute atomic E-state index is 6.48. The average molecular weight is 410 g/mol. The predicted molar refractivity (Wildman–Crippen MR) is 132 cm³/mol. The molecule has 0 fully saturated rings. The normalized spacial score (nSPS) is 11.8. The molecule has 0 bridgehead atoms. The van der Waals surface area contributed by atoms with Crippen LogP contribution < -0.4 is 0 Å². The molecule has 0 aliphatic carbocycles. The van der Waals surface area contributed by atoms with Gasteiger partial charge < -0.3 is 8.83 Å². The standard InChI is InChI=1S/C30H18O2/c1-2-7-19(8-3-1)25-17-18-26(31-25)21-15-16-28-30-22(21)12-6-13-24(30)23-11-4-9-20-10-5-14-27(32-28)29(20)23/h1-18H. The molecule has 2 nitrogen and oxygen atoms in total. The summed E-state index contributed by atoms with van der Waals surface area (Å²) in [4.78, 5) is 0. The highest BCUT2D eigenvalue weighted by molar-refractivity contribution is 6.24. The molecule has 0 amide bonds. The fourth-order valence-corrected chi connectivity index (χ4v) is 4.87. The summed E-state index contributed by atoms with van der Waals surface area (Å²) in [7, 11) is 0. The SMILES string of the molecule is c1ccc(-c2ccc(-c3ccc4oc5cccc6cccc(c7cccc3c47)c65)o2)cc1. The van der Waals surface area contributed by atoms with Gasteiger partial charge in [0, 0.05) is 21.9 Å². The summed E-state index contributed by atoms with van der Waals surface area (Å²) in [5.41, 5.74) is 3.91. The first-order valence-electron chi connectivity index (χ1n) is 10.8. The first kappa shape index (κ1) is 17.4. The van der Waals surface area contributed by atoms with Crippen molar-refractivity contribution >= 4 is 43.5 Å². The maximum Gasteiger partial charge on any atom is 0.135 e. The molecule has 0 radical (unpaired) electrons. The van der Waals surface area contributed by atoms with Crippen molar-refractivity contribution in [2.24, 2.45) is 0 Å². The van der Waals surface area contributed by atoms with E-state index in [1.165, 1.54) is 16.2 Å². The Labute approximate surface area is 184 Å². The molecule has 0 aliphatic rings. The summed E-state index contributed by atoms with van der Waals surface area (Å²) in [6.07, 6.45) is 0. The Morgan fingerprint density at radius 2 is 1.09 bits per heavy atom. The molecule has 0 saturated carbocycles. The van der Waals surface area contributed by atoms with Gasteiger partial charge in [0.1, 0.15) is 22.7 Å². The molecule has 0 aliphatic heterocycles. The molecule has 0 N–H and O–H groups in total. The zero-order valence-corrected chi connectivity index (χ0v) is 17.2. The van der Waals surface area contributed by atoms with E-state index in [1.807, 2.05) is 24.3 Å². The molecule has 0 spiro atoms. The van der Waals surface area contributed by atoms with Crippen molar-refractivity contribution in [3.05, 3.63) is 109 Å². The van der Waals surface area contributed by atoms with Crippen LogP contribution in [0.2, 0.25) is 0 Å². The lowest BCUT2D eigenvalue weighted by Crippen LogP contribution is -1.82. The molecule has 7 rings (SSSR count). The van der Waals surface area contributed by atoms with Crippen LogP contribution in [0.15, 0.2) is 118 Å². The van der Waals surface area contributed by atoms with Crippen molar-refractivity contribution < 1.29 is 8.83 Å². The first-order valence-corrected chi connectivity index (χ1v) is 10.8. The number of furan rings is 1. The lowest BCUT2D eigenvalue weighted by molar-refractivity contribution is 0.598. The van der Waals surface area contributed by atoms with Crippen molar-refractivity contribution in [2.75, 3.05) is 0 Å². The Kier molecular flexibility index (Phi) is 3.58. The van der Waals surface area contributed by atoms with Crippen molar-refractivity contribution in [1.82, 2.24) is 0 Å². The van der Waals surface area contributed by atoms with E-state index in [2.05, 4.69) is 84.9 Å². The quantitative estimate of drug-likeness (QED) is 0.284. The number of rotatable bonds is 2. The molecule has 32 heavy (non-hydrogen) atoms. The van der Waals surface area contributed by atoms with Gasteiger partial charge in [-0.05, 0) is 51.9 Å².